The van der Waals surface area contributed by atoms with Gasteiger partial charge in [-0.2, -0.15) is 0 Å². The van der Waals surface area contributed by atoms with Gasteiger partial charge in [-0.15, -0.1) is 0 Å². The smallest absolute Gasteiger partial charge is 0.223 e. The summed E-state index contributed by atoms with van der Waals surface area (Å²) in [5, 5.41) is 4.16. The van der Waals surface area contributed by atoms with Gasteiger partial charge in [0.1, 0.15) is 5.52 Å². The van der Waals surface area contributed by atoms with E-state index in [0.717, 1.165) is 60.7 Å². The number of nitrogens with zero attached hydrogens (tertiary/aromatic N) is 3. The number of amides is 1. The van der Waals surface area contributed by atoms with Crippen molar-refractivity contribution in [2.45, 2.75) is 45.1 Å². The number of aromatic nitrogens is 3. The molecule has 3 aromatic rings. The van der Waals surface area contributed by atoms with E-state index < -0.39 is 0 Å². The van der Waals surface area contributed by atoms with Crippen LogP contribution in [0.2, 0.25) is 0 Å². The molecule has 26 heavy (non-hydrogen) atoms. The van der Waals surface area contributed by atoms with Crippen molar-refractivity contribution < 1.29 is 4.79 Å². The van der Waals surface area contributed by atoms with Gasteiger partial charge in [0.15, 0.2) is 5.82 Å². The average Bonchev–Trinajstić information content (AvgIpc) is 3.32. The summed E-state index contributed by atoms with van der Waals surface area (Å²) in [6.45, 7) is 1.59. The van der Waals surface area contributed by atoms with Crippen LogP contribution in [0.15, 0.2) is 30.6 Å². The van der Waals surface area contributed by atoms with Gasteiger partial charge >= 0.3 is 0 Å². The Balaban J connectivity index is 1.39. The Morgan fingerprint density at radius 1 is 1.23 bits per heavy atom. The zero-order chi connectivity index (χ0) is 17.9. The topological polar surface area (TPSA) is 85.8 Å². The van der Waals surface area contributed by atoms with E-state index in [4.69, 9.17) is 5.73 Å². The number of carbonyl (C=O) groups is 1. The summed E-state index contributed by atoms with van der Waals surface area (Å²) >= 11 is 0. The lowest BCUT2D eigenvalue weighted by Crippen LogP contribution is -2.30. The maximum Gasteiger partial charge on any atom is 0.223 e. The van der Waals surface area contributed by atoms with Crippen molar-refractivity contribution >= 4 is 33.7 Å². The molecule has 0 atom stereocenters. The number of nitrogens with two attached hydrogens (primary N) is 1. The molecule has 2 heterocycles. The molecule has 1 aliphatic rings. The minimum atomic E-state index is 0.237. The molecule has 1 aliphatic carbocycles. The Labute approximate surface area is 152 Å². The average molecular weight is 351 g/mol. The summed E-state index contributed by atoms with van der Waals surface area (Å²) in [6, 6.07) is 8.01. The lowest BCUT2D eigenvalue weighted by Gasteiger charge is -2.11. The van der Waals surface area contributed by atoms with Gasteiger partial charge in [-0.25, -0.2) is 9.97 Å². The molecule has 0 unspecified atom stereocenters. The van der Waals surface area contributed by atoms with E-state index in [1.807, 2.05) is 24.5 Å². The van der Waals surface area contributed by atoms with Crippen LogP contribution in [0.5, 0.6) is 0 Å². The number of imidazole rings is 1. The number of nitrogen functional groups attached to an aromatic ring is 1. The molecule has 6 nitrogen and oxygen atoms in total. The largest absolute Gasteiger partial charge is 0.382 e. The van der Waals surface area contributed by atoms with Crippen molar-refractivity contribution in [3.8, 4) is 0 Å². The van der Waals surface area contributed by atoms with Gasteiger partial charge in [0.05, 0.1) is 17.4 Å². The molecule has 1 amide bonds. The quantitative estimate of drug-likeness (QED) is 0.668. The molecule has 2 aromatic heterocycles. The molecule has 4 rings (SSSR count). The Morgan fingerprint density at radius 2 is 2.04 bits per heavy atom. The van der Waals surface area contributed by atoms with Gasteiger partial charge < -0.3 is 15.6 Å². The van der Waals surface area contributed by atoms with Crippen molar-refractivity contribution in [1.29, 1.82) is 0 Å². The molecule has 3 N–H and O–H groups in total. The van der Waals surface area contributed by atoms with E-state index in [0.29, 0.717) is 5.82 Å². The van der Waals surface area contributed by atoms with Gasteiger partial charge in [-0.1, -0.05) is 31.0 Å². The second-order valence-corrected chi connectivity index (χ2v) is 7.13. The molecule has 0 bridgehead atoms. The fourth-order valence-corrected chi connectivity index (χ4v) is 3.93. The van der Waals surface area contributed by atoms with Crippen LogP contribution in [0.3, 0.4) is 0 Å². The first-order valence-electron chi connectivity index (χ1n) is 9.51. The van der Waals surface area contributed by atoms with Crippen molar-refractivity contribution in [3.63, 3.8) is 0 Å². The van der Waals surface area contributed by atoms with E-state index in [-0.39, 0.29) is 11.8 Å². The Bertz CT molecular complexity index is 926. The van der Waals surface area contributed by atoms with Crippen molar-refractivity contribution in [1.82, 2.24) is 19.9 Å². The number of fused-ring (bicyclic) bond motifs is 3. The molecular weight excluding hydrogens is 326 g/mol. The molecule has 0 aliphatic heterocycles. The molecule has 1 saturated carbocycles. The number of pyridine rings is 1. The van der Waals surface area contributed by atoms with E-state index in [1.54, 1.807) is 0 Å². The maximum absolute atomic E-state index is 12.0. The van der Waals surface area contributed by atoms with E-state index >= 15 is 0 Å². The van der Waals surface area contributed by atoms with Crippen LogP contribution < -0.4 is 11.1 Å². The van der Waals surface area contributed by atoms with Crippen LogP contribution in [0.1, 0.15) is 38.5 Å². The van der Waals surface area contributed by atoms with Gasteiger partial charge in [-0.05, 0) is 31.7 Å². The van der Waals surface area contributed by atoms with Crippen molar-refractivity contribution in [3.05, 3.63) is 30.6 Å². The highest BCUT2D eigenvalue weighted by Crippen LogP contribution is 2.27. The summed E-state index contributed by atoms with van der Waals surface area (Å²) in [7, 11) is 0. The Hall–Kier alpha value is -2.63. The van der Waals surface area contributed by atoms with Crippen molar-refractivity contribution in [2.75, 3.05) is 12.3 Å². The van der Waals surface area contributed by atoms with Crippen molar-refractivity contribution in [2.24, 2.45) is 5.92 Å². The predicted octanol–water partition coefficient (Wildman–Crippen LogP) is 3.25. The number of aryl methyl sites for hydroxylation is 1. The van der Waals surface area contributed by atoms with Gasteiger partial charge in [0, 0.05) is 24.4 Å². The first-order valence-corrected chi connectivity index (χ1v) is 9.51. The second kappa shape index (κ2) is 7.32. The number of benzene rings is 1. The van der Waals surface area contributed by atoms with Gasteiger partial charge in [-0.3, -0.25) is 4.79 Å². The fourth-order valence-electron chi connectivity index (χ4n) is 3.93. The zero-order valence-corrected chi connectivity index (χ0v) is 14.9. The zero-order valence-electron chi connectivity index (χ0n) is 14.9. The summed E-state index contributed by atoms with van der Waals surface area (Å²) < 4.78 is 2.15. The molecule has 1 aromatic carbocycles. The summed E-state index contributed by atoms with van der Waals surface area (Å²) in [5.41, 5.74) is 8.77. The maximum atomic E-state index is 12.0. The summed E-state index contributed by atoms with van der Waals surface area (Å²) in [5.74, 6) is 0.955. The monoisotopic (exact) mass is 351 g/mol. The Morgan fingerprint density at radius 3 is 2.88 bits per heavy atom. The number of unbranched alkanes of at least 4 members (excludes halogenated alkanes) is 1. The lowest BCUT2D eigenvalue weighted by atomic mass is 10.1. The van der Waals surface area contributed by atoms with Crippen LogP contribution in [-0.2, 0) is 11.3 Å². The van der Waals surface area contributed by atoms with Crippen LogP contribution in [-0.4, -0.2) is 27.0 Å². The first kappa shape index (κ1) is 16.8. The van der Waals surface area contributed by atoms with Crippen LogP contribution in [0, 0.1) is 5.92 Å². The highest BCUT2D eigenvalue weighted by molar-refractivity contribution is 6.06. The van der Waals surface area contributed by atoms with Crippen LogP contribution in [0.4, 0.5) is 5.82 Å². The second-order valence-electron chi connectivity index (χ2n) is 7.13. The molecule has 136 valence electrons. The third kappa shape index (κ3) is 3.23. The number of hydrogen-bond acceptors (Lipinski definition) is 4. The van der Waals surface area contributed by atoms with Crippen LogP contribution >= 0.6 is 0 Å². The Kier molecular flexibility index (Phi) is 4.73. The predicted molar refractivity (Wildman–Crippen MR) is 104 cm³/mol. The molecular formula is C20H25N5O. The molecule has 6 heteroatoms. The molecule has 0 spiro atoms. The van der Waals surface area contributed by atoms with Gasteiger partial charge in [0.25, 0.3) is 0 Å². The van der Waals surface area contributed by atoms with Gasteiger partial charge in [0.2, 0.25) is 5.91 Å². The number of hydrogen-bond donors (Lipinski definition) is 2. The number of carbonyl (C=O) groups excluding carboxylic acids is 1. The fraction of sp³-hybridized carbons (Fsp3) is 0.450. The minimum absolute atomic E-state index is 0.237. The lowest BCUT2D eigenvalue weighted by molar-refractivity contribution is -0.124. The number of rotatable bonds is 6. The highest BCUT2D eigenvalue weighted by atomic mass is 16.1. The number of anilines is 1. The summed E-state index contributed by atoms with van der Waals surface area (Å²) in [4.78, 5) is 20.9. The molecule has 0 radical (unpaired) electrons. The third-order valence-electron chi connectivity index (χ3n) is 5.33. The third-order valence-corrected chi connectivity index (χ3v) is 5.33. The number of nitrogens with one attached hydrogen (secondary N) is 1. The van der Waals surface area contributed by atoms with E-state index in [2.05, 4.69) is 25.9 Å². The normalized spacial score (nSPS) is 15.1. The summed E-state index contributed by atoms with van der Waals surface area (Å²) in [6.07, 6.45) is 8.26. The van der Waals surface area contributed by atoms with Crippen LogP contribution in [0.25, 0.3) is 21.9 Å². The molecule has 1 fully saturated rings. The van der Waals surface area contributed by atoms with E-state index in [1.165, 1.54) is 12.8 Å². The SMILES string of the molecule is Nc1nc2ccccc2c2c1ncn2CCCCNC(=O)C1CCCC1. The highest BCUT2D eigenvalue weighted by Gasteiger charge is 2.21. The minimum Gasteiger partial charge on any atom is -0.382 e. The molecule has 0 saturated heterocycles. The standard InChI is InChI=1S/C20H25N5O/c21-19-17-18(15-9-3-4-10-16(15)24-19)25(13-23-17)12-6-5-11-22-20(26)14-7-1-2-8-14/h3-4,9-10,13-14H,1-2,5-8,11-12H2,(H2,21,24)(H,22,26). The number of para-hydroxylation sites is 1. The first-order chi connectivity index (χ1) is 12.7. The van der Waals surface area contributed by atoms with E-state index in [9.17, 15) is 4.79 Å².